The Hall–Kier alpha value is -7.94. The van der Waals surface area contributed by atoms with Crippen LogP contribution in [0.5, 0.6) is 0 Å². The molecule has 0 radical (unpaired) electrons. The van der Waals surface area contributed by atoms with Gasteiger partial charge in [-0.2, -0.15) is 0 Å². The maximum atomic E-state index is 6.94. The number of furan rings is 1. The number of benzene rings is 10. The zero-order valence-electron chi connectivity index (χ0n) is 32.9. The van der Waals surface area contributed by atoms with Crippen molar-refractivity contribution in [2.75, 3.05) is 4.90 Å². The molecule has 282 valence electrons. The zero-order chi connectivity index (χ0) is 39.8. The summed E-state index contributed by atoms with van der Waals surface area (Å²) in [6.45, 7) is 0. The molecule has 11 aromatic rings. The Bertz CT molecular complexity index is 3290. The molecule has 11 rings (SSSR count). The van der Waals surface area contributed by atoms with Gasteiger partial charge in [-0.3, -0.25) is 0 Å². The molecular formula is C58H39NO. The number of fused-ring (bicyclic) bond motifs is 4. The molecule has 0 saturated carbocycles. The lowest BCUT2D eigenvalue weighted by Gasteiger charge is -2.27. The van der Waals surface area contributed by atoms with Crippen molar-refractivity contribution in [3.05, 3.63) is 237 Å². The molecule has 60 heavy (non-hydrogen) atoms. The molecule has 0 spiro atoms. The van der Waals surface area contributed by atoms with Crippen molar-refractivity contribution in [2.24, 2.45) is 0 Å². The van der Waals surface area contributed by atoms with E-state index in [-0.39, 0.29) is 0 Å². The molecule has 0 bridgehead atoms. The van der Waals surface area contributed by atoms with Crippen molar-refractivity contribution in [1.82, 2.24) is 0 Å². The Labute approximate surface area is 349 Å². The second-order valence-electron chi connectivity index (χ2n) is 15.2. The Kier molecular flexibility index (Phi) is 8.87. The van der Waals surface area contributed by atoms with Gasteiger partial charge in [0.25, 0.3) is 0 Å². The summed E-state index contributed by atoms with van der Waals surface area (Å²) in [7, 11) is 0. The summed E-state index contributed by atoms with van der Waals surface area (Å²) in [5, 5.41) is 4.56. The van der Waals surface area contributed by atoms with Crippen LogP contribution in [0.3, 0.4) is 0 Å². The molecule has 0 saturated heterocycles. The number of rotatable bonds is 8. The minimum Gasteiger partial charge on any atom is -0.455 e. The molecular weight excluding hydrogens is 727 g/mol. The van der Waals surface area contributed by atoms with Crippen LogP contribution in [-0.4, -0.2) is 0 Å². The van der Waals surface area contributed by atoms with Crippen LogP contribution >= 0.6 is 0 Å². The average molecular weight is 766 g/mol. The lowest BCUT2D eigenvalue weighted by molar-refractivity contribution is 0.670. The first-order valence-electron chi connectivity index (χ1n) is 20.5. The van der Waals surface area contributed by atoms with E-state index in [9.17, 15) is 0 Å². The number of anilines is 3. The predicted octanol–water partition coefficient (Wildman–Crippen LogP) is 16.5. The largest absolute Gasteiger partial charge is 0.455 e. The molecule has 1 heterocycles. The highest BCUT2D eigenvalue weighted by Crippen LogP contribution is 2.48. The summed E-state index contributed by atoms with van der Waals surface area (Å²) in [4.78, 5) is 2.37. The summed E-state index contributed by atoms with van der Waals surface area (Å²) < 4.78 is 6.94. The summed E-state index contributed by atoms with van der Waals surface area (Å²) in [5.74, 6) is 0. The van der Waals surface area contributed by atoms with Gasteiger partial charge < -0.3 is 9.32 Å². The maximum Gasteiger partial charge on any atom is 0.145 e. The third-order valence-corrected chi connectivity index (χ3v) is 11.7. The van der Waals surface area contributed by atoms with Crippen LogP contribution in [-0.2, 0) is 0 Å². The molecule has 0 fully saturated rings. The van der Waals surface area contributed by atoms with E-state index < -0.39 is 0 Å². The Morgan fingerprint density at radius 1 is 0.300 bits per heavy atom. The van der Waals surface area contributed by atoms with Crippen molar-refractivity contribution in [3.63, 3.8) is 0 Å². The van der Waals surface area contributed by atoms with E-state index in [1.807, 2.05) is 0 Å². The fourth-order valence-corrected chi connectivity index (χ4v) is 8.91. The quantitative estimate of drug-likeness (QED) is 0.153. The van der Waals surface area contributed by atoms with Crippen molar-refractivity contribution < 1.29 is 4.42 Å². The molecule has 2 heteroatoms. The lowest BCUT2D eigenvalue weighted by Crippen LogP contribution is -2.10. The average Bonchev–Trinajstić information content (AvgIpc) is 3.73. The number of para-hydroxylation sites is 2. The first kappa shape index (κ1) is 35.2. The van der Waals surface area contributed by atoms with E-state index in [1.54, 1.807) is 0 Å². The van der Waals surface area contributed by atoms with Gasteiger partial charge in [0, 0.05) is 22.3 Å². The van der Waals surface area contributed by atoms with Crippen molar-refractivity contribution >= 4 is 49.8 Å². The standard InChI is InChI=1S/C58H39NO/c1-4-17-40(18-5-1)44-23-14-24-45(39-44)49-28-11-10-27-48(49)42-33-35-47(36-34-42)59(46-25-8-3-9-26-46)54-38-37-52(58-57(54)53-29-12-13-32-55(53)60-58)51-31-16-22-43-21-15-30-50(56(43)51)41-19-6-2-7-20-41/h1-39H. The maximum absolute atomic E-state index is 6.94. The van der Waals surface area contributed by atoms with Crippen LogP contribution in [0.2, 0.25) is 0 Å². The Morgan fingerprint density at radius 3 is 1.58 bits per heavy atom. The monoisotopic (exact) mass is 765 g/mol. The third kappa shape index (κ3) is 6.23. The lowest BCUT2D eigenvalue weighted by atomic mass is 9.90. The van der Waals surface area contributed by atoms with Crippen LogP contribution in [0.1, 0.15) is 0 Å². The van der Waals surface area contributed by atoms with Gasteiger partial charge in [0.1, 0.15) is 11.2 Å². The SMILES string of the molecule is c1ccc(-c2cccc(-c3ccccc3-c3ccc(N(c4ccccc4)c4ccc(-c5cccc6cccc(-c7ccccc7)c56)c5oc6ccccc6c45)cc3)c2)cc1. The second kappa shape index (κ2) is 15.1. The minimum absolute atomic E-state index is 0.862. The van der Waals surface area contributed by atoms with Gasteiger partial charge in [0.05, 0.1) is 11.1 Å². The Morgan fingerprint density at radius 2 is 0.833 bits per heavy atom. The molecule has 0 aliphatic carbocycles. The minimum atomic E-state index is 0.862. The Balaban J connectivity index is 1.07. The molecule has 2 nitrogen and oxygen atoms in total. The van der Waals surface area contributed by atoms with Crippen LogP contribution < -0.4 is 4.90 Å². The summed E-state index contributed by atoms with van der Waals surface area (Å²) in [5.41, 5.74) is 16.7. The molecule has 0 aliphatic rings. The smallest absolute Gasteiger partial charge is 0.145 e. The molecule has 0 N–H and O–H groups in total. The van der Waals surface area contributed by atoms with E-state index in [2.05, 4.69) is 241 Å². The first-order valence-corrected chi connectivity index (χ1v) is 20.5. The van der Waals surface area contributed by atoms with Crippen molar-refractivity contribution in [2.45, 2.75) is 0 Å². The number of nitrogens with zero attached hydrogens (tertiary/aromatic N) is 1. The molecule has 1 aromatic heterocycles. The number of hydrogen-bond donors (Lipinski definition) is 0. The van der Waals surface area contributed by atoms with Gasteiger partial charge in [-0.1, -0.05) is 188 Å². The van der Waals surface area contributed by atoms with E-state index in [1.165, 1.54) is 49.7 Å². The fraction of sp³-hybridized carbons (Fsp3) is 0. The highest BCUT2D eigenvalue weighted by molar-refractivity contribution is 6.19. The molecule has 0 atom stereocenters. The molecule has 0 amide bonds. The van der Waals surface area contributed by atoms with Gasteiger partial charge in [-0.15, -0.1) is 0 Å². The number of hydrogen-bond acceptors (Lipinski definition) is 2. The van der Waals surface area contributed by atoms with Gasteiger partial charge in [-0.25, -0.2) is 0 Å². The fourth-order valence-electron chi connectivity index (χ4n) is 8.91. The topological polar surface area (TPSA) is 16.4 Å². The molecule has 0 aliphatic heterocycles. The van der Waals surface area contributed by atoms with E-state index in [4.69, 9.17) is 4.42 Å². The summed E-state index contributed by atoms with van der Waals surface area (Å²) in [6.07, 6.45) is 0. The van der Waals surface area contributed by atoms with E-state index in [0.717, 1.165) is 55.7 Å². The first-order chi connectivity index (χ1) is 29.8. The molecule has 0 unspecified atom stereocenters. The summed E-state index contributed by atoms with van der Waals surface area (Å²) >= 11 is 0. The third-order valence-electron chi connectivity index (χ3n) is 11.7. The van der Waals surface area contributed by atoms with Gasteiger partial charge >= 0.3 is 0 Å². The van der Waals surface area contributed by atoms with E-state index in [0.29, 0.717) is 0 Å². The highest BCUT2D eigenvalue weighted by Gasteiger charge is 2.23. The summed E-state index contributed by atoms with van der Waals surface area (Å²) in [6, 6.07) is 84.6. The van der Waals surface area contributed by atoms with Gasteiger partial charge in [-0.05, 0) is 109 Å². The normalized spacial score (nSPS) is 11.3. The zero-order valence-corrected chi connectivity index (χ0v) is 32.9. The van der Waals surface area contributed by atoms with Crippen LogP contribution in [0.4, 0.5) is 17.1 Å². The predicted molar refractivity (Wildman–Crippen MR) is 253 cm³/mol. The highest BCUT2D eigenvalue weighted by atomic mass is 16.3. The van der Waals surface area contributed by atoms with Crippen LogP contribution in [0, 0.1) is 0 Å². The van der Waals surface area contributed by atoms with Crippen molar-refractivity contribution in [1.29, 1.82) is 0 Å². The van der Waals surface area contributed by atoms with Crippen LogP contribution in [0.25, 0.3) is 88.3 Å². The van der Waals surface area contributed by atoms with E-state index >= 15 is 0 Å². The van der Waals surface area contributed by atoms with Gasteiger partial charge in [0.2, 0.25) is 0 Å². The second-order valence-corrected chi connectivity index (χ2v) is 15.2. The van der Waals surface area contributed by atoms with Gasteiger partial charge in [0.15, 0.2) is 0 Å². The molecule has 10 aromatic carbocycles. The van der Waals surface area contributed by atoms with Crippen LogP contribution in [0.15, 0.2) is 241 Å². The van der Waals surface area contributed by atoms with Crippen molar-refractivity contribution in [3.8, 4) is 55.6 Å².